The van der Waals surface area contributed by atoms with E-state index in [1.807, 2.05) is 32.0 Å². The van der Waals surface area contributed by atoms with Gasteiger partial charge in [-0.3, -0.25) is 0 Å². The molecule has 3 heteroatoms. The van der Waals surface area contributed by atoms with E-state index in [1.165, 1.54) is 0 Å². The number of aliphatic hydroxyl groups excluding tert-OH is 1. The molecule has 0 aliphatic heterocycles. The summed E-state index contributed by atoms with van der Waals surface area (Å²) in [4.78, 5) is 0. The lowest BCUT2D eigenvalue weighted by Gasteiger charge is -2.17. The van der Waals surface area contributed by atoms with Crippen molar-refractivity contribution in [1.82, 2.24) is 0 Å². The van der Waals surface area contributed by atoms with Gasteiger partial charge in [-0.25, -0.2) is 0 Å². The topological polar surface area (TPSA) is 38.7 Å². The summed E-state index contributed by atoms with van der Waals surface area (Å²) in [6.07, 6.45) is 0.559. The molecule has 27 heavy (non-hydrogen) atoms. The molecule has 3 aromatic rings. The van der Waals surface area contributed by atoms with Crippen LogP contribution in [0.25, 0.3) is 22.3 Å². The van der Waals surface area contributed by atoms with E-state index in [4.69, 9.17) is 9.47 Å². The highest BCUT2D eigenvalue weighted by Gasteiger charge is 2.14. The average Bonchev–Trinajstić information content (AvgIpc) is 2.68. The van der Waals surface area contributed by atoms with Gasteiger partial charge in [-0.05, 0) is 89.5 Å². The number of ether oxygens (including phenoxy) is 2. The van der Waals surface area contributed by atoms with Gasteiger partial charge in [0.25, 0.3) is 0 Å². The van der Waals surface area contributed by atoms with Crippen LogP contribution in [-0.2, 0) is 6.42 Å². The fourth-order valence-electron chi connectivity index (χ4n) is 3.50. The third-order valence-electron chi connectivity index (χ3n) is 4.83. The molecule has 0 spiro atoms. The van der Waals surface area contributed by atoms with Crippen molar-refractivity contribution in [2.24, 2.45) is 0 Å². The van der Waals surface area contributed by atoms with Crippen LogP contribution in [0.3, 0.4) is 0 Å². The minimum absolute atomic E-state index is 0.0870. The number of rotatable bonds is 6. The molecule has 0 amide bonds. The predicted octanol–water partition coefficient (Wildman–Crippen LogP) is 4.99. The van der Waals surface area contributed by atoms with Gasteiger partial charge in [0.05, 0.1) is 14.2 Å². The summed E-state index contributed by atoms with van der Waals surface area (Å²) >= 11 is 0. The number of hydrogen-bond acceptors (Lipinski definition) is 3. The SMILES string of the molecule is COc1ccc(-c2cc[c]c(CCO)c2-c2ccc(OC)c(C)c2)cc1C. The van der Waals surface area contributed by atoms with Crippen LogP contribution < -0.4 is 9.47 Å². The second-order valence-corrected chi connectivity index (χ2v) is 6.59. The normalized spacial score (nSPS) is 10.7. The summed E-state index contributed by atoms with van der Waals surface area (Å²) < 4.78 is 10.8. The molecule has 0 saturated carbocycles. The molecule has 0 bridgehead atoms. The Morgan fingerprint density at radius 1 is 0.852 bits per heavy atom. The Kier molecular flexibility index (Phi) is 5.82. The van der Waals surface area contributed by atoms with Crippen LogP contribution in [0.15, 0.2) is 48.5 Å². The van der Waals surface area contributed by atoms with Gasteiger partial charge in [-0.1, -0.05) is 24.3 Å². The standard InChI is InChI=1S/C24H25O3/c1-16-14-19(8-10-22(16)26-3)21-7-5-6-18(12-13-25)24(21)20-9-11-23(27-4)17(2)15-20/h5,7-11,14-15,25H,12-13H2,1-4H3. The van der Waals surface area contributed by atoms with Crippen LogP contribution in [0.5, 0.6) is 11.5 Å². The van der Waals surface area contributed by atoms with Gasteiger partial charge in [0, 0.05) is 6.61 Å². The molecule has 3 aromatic carbocycles. The van der Waals surface area contributed by atoms with Gasteiger partial charge in [0.15, 0.2) is 0 Å². The summed E-state index contributed by atoms with van der Waals surface area (Å²) in [6.45, 7) is 4.17. The highest BCUT2D eigenvalue weighted by Crippen LogP contribution is 2.38. The molecule has 0 aliphatic carbocycles. The fraction of sp³-hybridized carbons (Fsp3) is 0.250. The van der Waals surface area contributed by atoms with Crippen molar-refractivity contribution < 1.29 is 14.6 Å². The Morgan fingerprint density at radius 2 is 1.44 bits per heavy atom. The van der Waals surface area contributed by atoms with Crippen LogP contribution >= 0.6 is 0 Å². The maximum Gasteiger partial charge on any atom is 0.121 e. The van der Waals surface area contributed by atoms with Gasteiger partial charge < -0.3 is 14.6 Å². The van der Waals surface area contributed by atoms with Gasteiger partial charge in [-0.15, -0.1) is 0 Å². The number of benzene rings is 3. The van der Waals surface area contributed by atoms with Crippen LogP contribution in [0, 0.1) is 19.9 Å². The Labute approximate surface area is 161 Å². The predicted molar refractivity (Wildman–Crippen MR) is 110 cm³/mol. The number of methoxy groups -OCH3 is 2. The maximum absolute atomic E-state index is 9.55. The molecule has 3 nitrogen and oxygen atoms in total. The highest BCUT2D eigenvalue weighted by molar-refractivity contribution is 5.86. The van der Waals surface area contributed by atoms with Crippen molar-refractivity contribution in [2.75, 3.05) is 20.8 Å². The fourth-order valence-corrected chi connectivity index (χ4v) is 3.50. The van der Waals surface area contributed by atoms with E-state index in [2.05, 4.69) is 36.4 Å². The maximum atomic E-state index is 9.55. The summed E-state index contributed by atoms with van der Waals surface area (Å²) in [6, 6.07) is 19.7. The molecular weight excluding hydrogens is 336 g/mol. The van der Waals surface area contributed by atoms with E-state index in [9.17, 15) is 5.11 Å². The van der Waals surface area contributed by atoms with E-state index >= 15 is 0 Å². The zero-order chi connectivity index (χ0) is 19.4. The molecule has 1 N–H and O–H groups in total. The van der Waals surface area contributed by atoms with Crippen molar-refractivity contribution in [3.8, 4) is 33.8 Å². The molecule has 1 radical (unpaired) electrons. The second-order valence-electron chi connectivity index (χ2n) is 6.59. The Bertz CT molecular complexity index is 944. The molecule has 3 rings (SSSR count). The largest absolute Gasteiger partial charge is 0.496 e. The molecule has 0 fully saturated rings. The zero-order valence-electron chi connectivity index (χ0n) is 16.3. The molecular formula is C24H25O3. The van der Waals surface area contributed by atoms with E-state index < -0.39 is 0 Å². The van der Waals surface area contributed by atoms with E-state index in [0.717, 1.165) is 50.4 Å². The first-order valence-electron chi connectivity index (χ1n) is 9.03. The lowest BCUT2D eigenvalue weighted by Crippen LogP contribution is -1.98. The van der Waals surface area contributed by atoms with Crippen LogP contribution in [-0.4, -0.2) is 25.9 Å². The molecule has 0 atom stereocenters. The second kappa shape index (κ2) is 8.28. The molecule has 0 saturated heterocycles. The Hall–Kier alpha value is -2.78. The number of aryl methyl sites for hydroxylation is 2. The van der Waals surface area contributed by atoms with E-state index in [0.29, 0.717) is 6.42 Å². The number of aliphatic hydroxyl groups is 1. The first-order chi connectivity index (χ1) is 13.1. The van der Waals surface area contributed by atoms with Gasteiger partial charge in [-0.2, -0.15) is 0 Å². The van der Waals surface area contributed by atoms with Gasteiger partial charge in [0.2, 0.25) is 0 Å². The lowest BCUT2D eigenvalue weighted by molar-refractivity contribution is 0.299. The van der Waals surface area contributed by atoms with Crippen molar-refractivity contribution in [3.63, 3.8) is 0 Å². The van der Waals surface area contributed by atoms with Crippen molar-refractivity contribution >= 4 is 0 Å². The summed E-state index contributed by atoms with van der Waals surface area (Å²) in [5.74, 6) is 1.74. The first-order valence-corrected chi connectivity index (χ1v) is 9.03. The smallest absolute Gasteiger partial charge is 0.121 e. The third-order valence-corrected chi connectivity index (χ3v) is 4.83. The van der Waals surface area contributed by atoms with Gasteiger partial charge in [0.1, 0.15) is 11.5 Å². The monoisotopic (exact) mass is 361 g/mol. The van der Waals surface area contributed by atoms with Crippen molar-refractivity contribution in [1.29, 1.82) is 0 Å². The lowest BCUT2D eigenvalue weighted by atomic mass is 9.88. The van der Waals surface area contributed by atoms with Crippen LogP contribution in [0.4, 0.5) is 0 Å². The minimum Gasteiger partial charge on any atom is -0.496 e. The summed E-state index contributed by atoms with van der Waals surface area (Å²) in [5.41, 5.74) is 7.60. The number of hydrogen-bond donors (Lipinski definition) is 1. The molecule has 139 valence electrons. The van der Waals surface area contributed by atoms with E-state index in [-0.39, 0.29) is 6.61 Å². The summed E-state index contributed by atoms with van der Waals surface area (Å²) in [7, 11) is 3.37. The van der Waals surface area contributed by atoms with Crippen molar-refractivity contribution in [3.05, 3.63) is 71.3 Å². The molecule has 0 unspecified atom stereocenters. The third kappa shape index (κ3) is 3.83. The highest BCUT2D eigenvalue weighted by atomic mass is 16.5. The first kappa shape index (κ1) is 19.0. The summed E-state index contributed by atoms with van der Waals surface area (Å²) in [5, 5.41) is 9.55. The quantitative estimate of drug-likeness (QED) is 0.672. The van der Waals surface area contributed by atoms with Crippen molar-refractivity contribution in [2.45, 2.75) is 20.3 Å². The zero-order valence-corrected chi connectivity index (χ0v) is 16.3. The Morgan fingerprint density at radius 3 is 2.00 bits per heavy atom. The molecule has 0 aromatic heterocycles. The Balaban J connectivity index is 2.22. The molecule has 0 heterocycles. The van der Waals surface area contributed by atoms with Crippen LogP contribution in [0.2, 0.25) is 0 Å². The minimum atomic E-state index is 0.0870. The molecule has 0 aliphatic rings. The van der Waals surface area contributed by atoms with Crippen LogP contribution in [0.1, 0.15) is 16.7 Å². The van der Waals surface area contributed by atoms with Gasteiger partial charge >= 0.3 is 0 Å². The van der Waals surface area contributed by atoms with E-state index in [1.54, 1.807) is 14.2 Å². The average molecular weight is 361 g/mol.